The van der Waals surface area contributed by atoms with Gasteiger partial charge in [-0.25, -0.2) is 0 Å². The summed E-state index contributed by atoms with van der Waals surface area (Å²) in [6.07, 6.45) is 22.8. The van der Waals surface area contributed by atoms with E-state index in [-0.39, 0.29) is 11.8 Å². The molecule has 0 bridgehead atoms. The fraction of sp³-hybridized carbons (Fsp3) is 0.0968. The van der Waals surface area contributed by atoms with Gasteiger partial charge in [-0.15, -0.1) is 0 Å². The third kappa shape index (κ3) is 5.07. The fourth-order valence-corrected chi connectivity index (χ4v) is 12.1. The van der Waals surface area contributed by atoms with Gasteiger partial charge in [0.25, 0.3) is 0 Å². The van der Waals surface area contributed by atoms with E-state index in [0.717, 1.165) is 6.42 Å². The number of rotatable bonds is 5. The Hall–Kier alpha value is -7.28. The molecule has 3 atom stereocenters. The first-order valence-electron chi connectivity index (χ1n) is 22.3. The van der Waals surface area contributed by atoms with Crippen molar-refractivity contribution in [3.8, 4) is 55.6 Å². The molecule has 0 heterocycles. The van der Waals surface area contributed by atoms with Crippen molar-refractivity contribution >= 4 is 28.4 Å². The van der Waals surface area contributed by atoms with Gasteiger partial charge in [0.15, 0.2) is 0 Å². The number of benzene rings is 7. The second kappa shape index (κ2) is 13.6. The minimum absolute atomic E-state index is 0.213. The Bertz CT molecular complexity index is 3300. The van der Waals surface area contributed by atoms with E-state index in [1.54, 1.807) is 0 Å². The molecule has 292 valence electrons. The van der Waals surface area contributed by atoms with E-state index in [1.807, 2.05) is 0 Å². The third-order valence-corrected chi connectivity index (χ3v) is 14.7. The highest BCUT2D eigenvalue weighted by molar-refractivity contribution is 6.16. The topological polar surface area (TPSA) is 0 Å². The normalized spacial score (nSPS) is 19.3. The predicted molar refractivity (Wildman–Crippen MR) is 262 cm³/mol. The van der Waals surface area contributed by atoms with Gasteiger partial charge in [0.1, 0.15) is 0 Å². The summed E-state index contributed by atoms with van der Waals surface area (Å²) < 4.78 is 0. The Kier molecular flexibility index (Phi) is 7.79. The van der Waals surface area contributed by atoms with Crippen LogP contribution in [0.5, 0.6) is 0 Å². The summed E-state index contributed by atoms with van der Waals surface area (Å²) in [7, 11) is 0. The molecule has 0 aliphatic heterocycles. The van der Waals surface area contributed by atoms with E-state index in [2.05, 4.69) is 214 Å². The maximum absolute atomic E-state index is 2.56. The number of fused-ring (bicyclic) bond motifs is 8. The summed E-state index contributed by atoms with van der Waals surface area (Å²) >= 11 is 0. The highest BCUT2D eigenvalue weighted by atomic mass is 14.5. The van der Waals surface area contributed by atoms with Crippen LogP contribution in [-0.2, 0) is 6.42 Å². The average molecular weight is 789 g/mol. The highest BCUT2D eigenvalue weighted by Gasteiger charge is 2.50. The first-order chi connectivity index (χ1) is 30.6. The van der Waals surface area contributed by atoms with Gasteiger partial charge in [0, 0.05) is 17.8 Å². The Morgan fingerprint density at radius 1 is 0.403 bits per heavy atom. The van der Waals surface area contributed by atoms with Gasteiger partial charge in [-0.05, 0) is 154 Å². The largest absolute Gasteiger partial charge is 0.0767 e. The van der Waals surface area contributed by atoms with Crippen LogP contribution in [0.2, 0.25) is 0 Å². The minimum atomic E-state index is 0.213. The Morgan fingerprint density at radius 2 is 0.952 bits per heavy atom. The molecule has 3 unspecified atom stereocenters. The van der Waals surface area contributed by atoms with Gasteiger partial charge in [-0.1, -0.05) is 194 Å². The lowest BCUT2D eigenvalue weighted by Crippen LogP contribution is -2.17. The molecule has 7 aromatic carbocycles. The van der Waals surface area contributed by atoms with Crippen LogP contribution >= 0.6 is 0 Å². The molecule has 0 saturated carbocycles. The highest BCUT2D eigenvalue weighted by Crippen LogP contribution is 2.67. The quantitative estimate of drug-likeness (QED) is 0.163. The van der Waals surface area contributed by atoms with Crippen LogP contribution in [0, 0.1) is 31.6 Å². The number of hydrogen-bond acceptors (Lipinski definition) is 0. The van der Waals surface area contributed by atoms with Gasteiger partial charge in [0.2, 0.25) is 0 Å². The lowest BCUT2D eigenvalue weighted by atomic mass is 9.71. The smallest absolute Gasteiger partial charge is 0.0212 e. The zero-order valence-electron chi connectivity index (χ0n) is 35.0. The molecule has 0 aromatic heterocycles. The van der Waals surface area contributed by atoms with Crippen molar-refractivity contribution in [3.63, 3.8) is 0 Å². The second-order valence-electron chi connectivity index (χ2n) is 17.9. The van der Waals surface area contributed by atoms with E-state index >= 15 is 0 Å². The molecule has 62 heavy (non-hydrogen) atoms. The van der Waals surface area contributed by atoms with Crippen LogP contribution in [0.3, 0.4) is 0 Å². The predicted octanol–water partition coefficient (Wildman–Crippen LogP) is 15.8. The van der Waals surface area contributed by atoms with Crippen molar-refractivity contribution in [3.05, 3.63) is 244 Å². The first kappa shape index (κ1) is 35.5. The van der Waals surface area contributed by atoms with E-state index in [0.29, 0.717) is 5.92 Å². The van der Waals surface area contributed by atoms with Crippen LogP contribution < -0.4 is 0 Å². The van der Waals surface area contributed by atoms with Crippen molar-refractivity contribution in [1.29, 1.82) is 0 Å². The van der Waals surface area contributed by atoms with Crippen molar-refractivity contribution in [1.82, 2.24) is 0 Å². The molecular weight excluding hydrogens is 745 g/mol. The van der Waals surface area contributed by atoms with Gasteiger partial charge in [-0.3, -0.25) is 0 Å². The first-order valence-corrected chi connectivity index (χ1v) is 22.3. The maximum atomic E-state index is 2.56. The fourth-order valence-electron chi connectivity index (χ4n) is 12.1. The molecule has 13 rings (SSSR count). The SMILES string of the molecule is Cc1cccc(C)c1-c1ccc2c(c1)C1=CC=C3c4c(c(-c5ccccc5-c5ccccc5)c5c(c4-c4ccccc4-c4ccccc4)CC4C=CC=CC4=C5)C4=CC=C2C1C43. The summed E-state index contributed by atoms with van der Waals surface area (Å²) in [6, 6.07) is 54.4. The Morgan fingerprint density at radius 3 is 1.61 bits per heavy atom. The molecule has 0 nitrogen and oxygen atoms in total. The van der Waals surface area contributed by atoms with Gasteiger partial charge >= 0.3 is 0 Å². The monoisotopic (exact) mass is 788 g/mol. The summed E-state index contributed by atoms with van der Waals surface area (Å²) in [6.45, 7) is 4.49. The van der Waals surface area contributed by atoms with Crippen molar-refractivity contribution in [2.24, 2.45) is 17.8 Å². The minimum Gasteiger partial charge on any atom is -0.0767 e. The molecule has 6 aliphatic carbocycles. The van der Waals surface area contributed by atoms with E-state index < -0.39 is 0 Å². The Balaban J connectivity index is 1.14. The summed E-state index contributed by atoms with van der Waals surface area (Å²) in [5, 5.41) is 0. The molecule has 7 aromatic rings. The standard InChI is InChI=1S/C62H44/c1-37-16-15-17-38(2)56(37)43-28-29-46-49-30-32-51-60-52(33-31-50(57(49)60)53(46)36-43)62-59(48-27-14-12-25-45(48)40-20-7-4-8-21-40)55-35-42-23-10-9-22-41(42)34-54(55)58(61(51)62)47-26-13-11-24-44(47)39-18-5-3-6-19-39/h3-34,36,42,57,60H,35H2,1-2H3. The van der Waals surface area contributed by atoms with Crippen LogP contribution in [0.15, 0.2) is 200 Å². The van der Waals surface area contributed by atoms with Gasteiger partial charge in [-0.2, -0.15) is 0 Å². The van der Waals surface area contributed by atoms with Gasteiger partial charge < -0.3 is 0 Å². The zero-order valence-corrected chi connectivity index (χ0v) is 35.0. The average Bonchev–Trinajstić information content (AvgIpc) is 3.82. The van der Waals surface area contributed by atoms with Crippen molar-refractivity contribution in [2.75, 3.05) is 0 Å². The van der Waals surface area contributed by atoms with Gasteiger partial charge in [0.05, 0.1) is 0 Å². The lowest BCUT2D eigenvalue weighted by Gasteiger charge is -2.32. The zero-order chi connectivity index (χ0) is 41.1. The van der Waals surface area contributed by atoms with Crippen LogP contribution in [-0.4, -0.2) is 0 Å². The van der Waals surface area contributed by atoms with Crippen molar-refractivity contribution in [2.45, 2.75) is 20.3 Å². The number of hydrogen-bond donors (Lipinski definition) is 0. The Labute approximate surface area is 364 Å². The summed E-state index contributed by atoms with van der Waals surface area (Å²) in [5.74, 6) is 0.789. The van der Waals surface area contributed by atoms with Crippen LogP contribution in [0.1, 0.15) is 44.5 Å². The summed E-state index contributed by atoms with van der Waals surface area (Å²) in [5.41, 5.74) is 31.4. The molecule has 0 radical (unpaired) electrons. The van der Waals surface area contributed by atoms with Crippen LogP contribution in [0.4, 0.5) is 0 Å². The second-order valence-corrected chi connectivity index (χ2v) is 17.9. The molecule has 0 fully saturated rings. The molecule has 0 N–H and O–H groups in total. The molecule has 0 spiro atoms. The summed E-state index contributed by atoms with van der Waals surface area (Å²) in [4.78, 5) is 0. The molecule has 0 heteroatoms. The van der Waals surface area contributed by atoms with E-state index in [9.17, 15) is 0 Å². The molecule has 0 amide bonds. The number of aryl methyl sites for hydroxylation is 2. The molecular formula is C62H44. The van der Waals surface area contributed by atoms with Crippen molar-refractivity contribution < 1.29 is 0 Å². The van der Waals surface area contributed by atoms with Crippen LogP contribution in [0.25, 0.3) is 84.0 Å². The number of allylic oxidation sites excluding steroid dienone is 13. The molecule has 6 aliphatic rings. The third-order valence-electron chi connectivity index (χ3n) is 14.7. The van der Waals surface area contributed by atoms with E-state index in [4.69, 9.17) is 0 Å². The lowest BCUT2D eigenvalue weighted by molar-refractivity contribution is 0.757. The molecule has 0 saturated heterocycles. The maximum Gasteiger partial charge on any atom is 0.0212 e. The van der Waals surface area contributed by atoms with E-state index in [1.165, 1.54) is 128 Å².